The lowest BCUT2D eigenvalue weighted by Gasteiger charge is -2.17. The summed E-state index contributed by atoms with van der Waals surface area (Å²) < 4.78 is 15.5. The summed E-state index contributed by atoms with van der Waals surface area (Å²) in [5.41, 5.74) is 6.74. The van der Waals surface area contributed by atoms with E-state index in [1.165, 1.54) is 7.11 Å². The van der Waals surface area contributed by atoms with Gasteiger partial charge in [-0.25, -0.2) is 0 Å². The van der Waals surface area contributed by atoms with Gasteiger partial charge in [-0.15, -0.1) is 0 Å². The van der Waals surface area contributed by atoms with Gasteiger partial charge in [-0.3, -0.25) is 0 Å². The zero-order chi connectivity index (χ0) is 13.5. The molecule has 0 bridgehead atoms. The fourth-order valence-electron chi connectivity index (χ4n) is 1.57. The lowest BCUT2D eigenvalue weighted by Crippen LogP contribution is -2.23. The average molecular weight is 255 g/mol. The molecule has 2 atom stereocenters. The monoisotopic (exact) mass is 255 g/mol. The Labute approximate surface area is 107 Å². The van der Waals surface area contributed by atoms with Gasteiger partial charge >= 0.3 is 0 Å². The van der Waals surface area contributed by atoms with E-state index in [4.69, 9.17) is 19.9 Å². The number of benzene rings is 1. The maximum absolute atomic E-state index is 9.55. The minimum absolute atomic E-state index is 0.148. The summed E-state index contributed by atoms with van der Waals surface area (Å²) in [5.74, 6) is 1.31. The first-order chi connectivity index (χ1) is 8.58. The molecular weight excluding hydrogens is 234 g/mol. The third-order valence-electron chi connectivity index (χ3n) is 2.50. The predicted molar refractivity (Wildman–Crippen MR) is 69.0 cm³/mol. The van der Waals surface area contributed by atoms with E-state index >= 15 is 0 Å². The van der Waals surface area contributed by atoms with Gasteiger partial charge in [-0.1, -0.05) is 6.07 Å². The van der Waals surface area contributed by atoms with Crippen LogP contribution in [0.4, 0.5) is 0 Å². The molecule has 0 radical (unpaired) electrons. The Balaban J connectivity index is 2.77. The molecule has 0 heterocycles. The molecular formula is C13H21NO4. The summed E-state index contributed by atoms with van der Waals surface area (Å²) in [4.78, 5) is 0. The maximum Gasteiger partial charge on any atom is 0.127 e. The summed E-state index contributed by atoms with van der Waals surface area (Å²) >= 11 is 0. The van der Waals surface area contributed by atoms with Crippen LogP contribution in [-0.4, -0.2) is 38.6 Å². The number of ether oxygens (including phenoxy) is 3. The Morgan fingerprint density at radius 1 is 1.28 bits per heavy atom. The van der Waals surface area contributed by atoms with Crippen LogP contribution < -0.4 is 15.2 Å². The van der Waals surface area contributed by atoms with Crippen molar-refractivity contribution in [2.24, 2.45) is 5.73 Å². The van der Waals surface area contributed by atoms with Gasteiger partial charge in [-0.05, 0) is 13.0 Å². The normalized spacial score (nSPS) is 14.1. The largest absolute Gasteiger partial charge is 0.497 e. The van der Waals surface area contributed by atoms with Gasteiger partial charge < -0.3 is 25.1 Å². The first-order valence-electron chi connectivity index (χ1n) is 5.81. The molecule has 1 aromatic carbocycles. The molecule has 0 fully saturated rings. The van der Waals surface area contributed by atoms with Crippen LogP contribution in [0.15, 0.2) is 18.2 Å². The minimum atomic E-state index is -0.665. The van der Waals surface area contributed by atoms with Crippen LogP contribution in [0, 0.1) is 0 Å². The molecule has 0 aromatic heterocycles. The summed E-state index contributed by atoms with van der Waals surface area (Å²) in [6.45, 7) is 2.26. The van der Waals surface area contributed by atoms with Crippen LogP contribution in [0.2, 0.25) is 0 Å². The Bertz CT molecular complexity index is 368. The van der Waals surface area contributed by atoms with Gasteiger partial charge in [0.15, 0.2) is 0 Å². The molecule has 0 aliphatic heterocycles. The van der Waals surface area contributed by atoms with E-state index in [-0.39, 0.29) is 19.3 Å². The van der Waals surface area contributed by atoms with Crippen LogP contribution in [0.1, 0.15) is 18.5 Å². The molecule has 1 aromatic rings. The Kier molecular flexibility index (Phi) is 5.91. The quantitative estimate of drug-likeness (QED) is 0.763. The van der Waals surface area contributed by atoms with Crippen molar-refractivity contribution in [3.8, 4) is 11.5 Å². The van der Waals surface area contributed by atoms with Crippen molar-refractivity contribution in [1.29, 1.82) is 0 Å². The third kappa shape index (κ3) is 4.18. The van der Waals surface area contributed by atoms with E-state index in [9.17, 15) is 5.11 Å². The second kappa shape index (κ2) is 7.20. The van der Waals surface area contributed by atoms with Crippen LogP contribution in [-0.2, 0) is 4.74 Å². The highest BCUT2D eigenvalue weighted by Gasteiger charge is 2.12. The molecule has 18 heavy (non-hydrogen) atoms. The summed E-state index contributed by atoms with van der Waals surface area (Å²) in [7, 11) is 3.12. The van der Waals surface area contributed by atoms with E-state index in [0.717, 1.165) is 5.56 Å². The minimum Gasteiger partial charge on any atom is -0.497 e. The zero-order valence-corrected chi connectivity index (χ0v) is 11.1. The molecule has 0 aliphatic rings. The van der Waals surface area contributed by atoms with Gasteiger partial charge in [0.2, 0.25) is 0 Å². The number of methoxy groups -OCH3 is 2. The number of rotatable bonds is 7. The molecule has 5 heteroatoms. The Hall–Kier alpha value is -1.30. The first-order valence-corrected chi connectivity index (χ1v) is 5.81. The summed E-state index contributed by atoms with van der Waals surface area (Å²) in [6.07, 6.45) is -0.665. The van der Waals surface area contributed by atoms with E-state index in [1.54, 1.807) is 13.2 Å². The smallest absolute Gasteiger partial charge is 0.127 e. The van der Waals surface area contributed by atoms with Crippen molar-refractivity contribution < 1.29 is 19.3 Å². The van der Waals surface area contributed by atoms with E-state index < -0.39 is 6.10 Å². The fraction of sp³-hybridized carbons (Fsp3) is 0.538. The standard InChI is InChI=1S/C13H21NO4/c1-9(14)12-5-4-11(17-3)6-13(12)18-8-10(15)7-16-2/h4-6,9-10,15H,7-8,14H2,1-3H3. The fourth-order valence-corrected chi connectivity index (χ4v) is 1.57. The molecule has 1 rings (SSSR count). The second-order valence-corrected chi connectivity index (χ2v) is 4.11. The molecule has 0 spiro atoms. The molecule has 0 aliphatic carbocycles. The Morgan fingerprint density at radius 3 is 2.56 bits per heavy atom. The topological polar surface area (TPSA) is 73.9 Å². The van der Waals surface area contributed by atoms with Crippen molar-refractivity contribution >= 4 is 0 Å². The molecule has 3 N–H and O–H groups in total. The van der Waals surface area contributed by atoms with Crippen molar-refractivity contribution in [2.75, 3.05) is 27.4 Å². The molecule has 2 unspecified atom stereocenters. The molecule has 0 saturated carbocycles. The highest BCUT2D eigenvalue weighted by Crippen LogP contribution is 2.28. The number of nitrogens with two attached hydrogens (primary N) is 1. The highest BCUT2D eigenvalue weighted by molar-refractivity contribution is 5.42. The zero-order valence-electron chi connectivity index (χ0n) is 11.1. The highest BCUT2D eigenvalue weighted by atomic mass is 16.5. The lowest BCUT2D eigenvalue weighted by molar-refractivity contribution is 0.0322. The Morgan fingerprint density at radius 2 is 2.00 bits per heavy atom. The van der Waals surface area contributed by atoms with Crippen LogP contribution in [0.5, 0.6) is 11.5 Å². The van der Waals surface area contributed by atoms with Gasteiger partial charge in [0.25, 0.3) is 0 Å². The lowest BCUT2D eigenvalue weighted by atomic mass is 10.1. The van der Waals surface area contributed by atoms with Gasteiger partial charge in [-0.2, -0.15) is 0 Å². The van der Waals surface area contributed by atoms with Crippen molar-refractivity contribution in [3.05, 3.63) is 23.8 Å². The number of hydrogen-bond donors (Lipinski definition) is 2. The average Bonchev–Trinajstić information content (AvgIpc) is 2.36. The number of aliphatic hydroxyl groups excluding tert-OH is 1. The van der Waals surface area contributed by atoms with E-state index in [2.05, 4.69) is 0 Å². The van der Waals surface area contributed by atoms with Crippen LogP contribution in [0.3, 0.4) is 0 Å². The van der Waals surface area contributed by atoms with Gasteiger partial charge in [0.1, 0.15) is 24.2 Å². The van der Waals surface area contributed by atoms with Crippen molar-refractivity contribution in [3.63, 3.8) is 0 Å². The van der Waals surface area contributed by atoms with E-state index in [1.807, 2.05) is 19.1 Å². The predicted octanol–water partition coefficient (Wildman–Crippen LogP) is 1.10. The first kappa shape index (κ1) is 14.8. The SMILES string of the molecule is COCC(O)COc1cc(OC)ccc1C(C)N. The van der Waals surface area contributed by atoms with Crippen molar-refractivity contribution in [1.82, 2.24) is 0 Å². The van der Waals surface area contributed by atoms with Crippen LogP contribution in [0.25, 0.3) is 0 Å². The summed E-state index contributed by atoms with van der Waals surface area (Å²) in [6, 6.07) is 5.31. The second-order valence-electron chi connectivity index (χ2n) is 4.11. The third-order valence-corrected chi connectivity index (χ3v) is 2.50. The van der Waals surface area contributed by atoms with Gasteiger partial charge in [0, 0.05) is 24.8 Å². The number of aliphatic hydroxyl groups is 1. The molecule has 102 valence electrons. The van der Waals surface area contributed by atoms with Crippen molar-refractivity contribution in [2.45, 2.75) is 19.1 Å². The van der Waals surface area contributed by atoms with Crippen LogP contribution >= 0.6 is 0 Å². The number of hydrogen-bond acceptors (Lipinski definition) is 5. The maximum atomic E-state index is 9.55. The van der Waals surface area contributed by atoms with Gasteiger partial charge in [0.05, 0.1) is 13.7 Å². The summed E-state index contributed by atoms with van der Waals surface area (Å²) in [5, 5.41) is 9.55. The molecule has 5 nitrogen and oxygen atoms in total. The molecule has 0 amide bonds. The molecule has 0 saturated heterocycles. The van der Waals surface area contributed by atoms with E-state index in [0.29, 0.717) is 11.5 Å².